The fourth-order valence-electron chi connectivity index (χ4n) is 2.83. The third-order valence-electron chi connectivity index (χ3n) is 4.45. The zero-order valence-electron chi connectivity index (χ0n) is 12.5. The van der Waals surface area contributed by atoms with Crippen LogP contribution >= 0.6 is 0 Å². The number of nitrogens with one attached hydrogen (secondary N) is 1. The molecule has 0 aromatic rings. The minimum Gasteiger partial charge on any atom is -0.387 e. The van der Waals surface area contributed by atoms with E-state index in [1.54, 1.807) is 0 Å². The molecule has 0 spiro atoms. The smallest absolute Gasteiger partial charge is 0.0963 e. The van der Waals surface area contributed by atoms with Crippen LogP contribution in [0.15, 0.2) is 0 Å². The van der Waals surface area contributed by atoms with Crippen LogP contribution in [-0.2, 0) is 0 Å². The van der Waals surface area contributed by atoms with Gasteiger partial charge < -0.3 is 10.6 Å². The highest BCUT2D eigenvalue weighted by Gasteiger charge is 2.22. The predicted molar refractivity (Wildman–Crippen MR) is 79.0 cm³/mol. The number of unbranched alkanes of at least 4 members (excludes halogenated alkanes) is 1. The number of hydrogen-bond acceptors (Lipinski definition) is 2. The molecule has 1 aliphatic heterocycles. The minimum absolute atomic E-state index is 0.119. The van der Waals surface area contributed by atoms with Gasteiger partial charge in [0.25, 0.3) is 0 Å². The Morgan fingerprint density at radius 2 is 2.06 bits per heavy atom. The molecule has 0 amide bonds. The first kappa shape index (κ1) is 15.5. The molecule has 3 heteroatoms. The second-order valence-electron chi connectivity index (χ2n) is 6.35. The van der Waals surface area contributed by atoms with E-state index in [1.165, 1.54) is 51.6 Å². The lowest BCUT2D eigenvalue weighted by molar-refractivity contribution is 0.140. The van der Waals surface area contributed by atoms with Crippen molar-refractivity contribution >= 4 is 5.84 Å². The van der Waals surface area contributed by atoms with Crippen LogP contribution in [0.3, 0.4) is 0 Å². The number of amidine groups is 1. The van der Waals surface area contributed by atoms with E-state index in [-0.39, 0.29) is 5.41 Å². The number of piperidine rings is 1. The molecular formula is C15H31N3. The maximum absolute atomic E-state index is 7.56. The summed E-state index contributed by atoms with van der Waals surface area (Å²) in [6, 6.07) is 0.819. The highest BCUT2D eigenvalue weighted by Crippen LogP contribution is 2.24. The molecule has 106 valence electrons. The number of nitrogens with two attached hydrogens (primary N) is 1. The van der Waals surface area contributed by atoms with Crippen LogP contribution in [0.5, 0.6) is 0 Å². The SMILES string of the molecule is CCC1CCCCN1CCCCC(C)(C)C(=N)N. The van der Waals surface area contributed by atoms with E-state index in [0.29, 0.717) is 5.84 Å². The zero-order valence-corrected chi connectivity index (χ0v) is 12.5. The molecule has 0 bridgehead atoms. The Labute approximate surface area is 113 Å². The molecule has 0 aromatic heterocycles. The Morgan fingerprint density at radius 1 is 1.33 bits per heavy atom. The van der Waals surface area contributed by atoms with Crippen molar-refractivity contribution < 1.29 is 0 Å². The summed E-state index contributed by atoms with van der Waals surface area (Å²) >= 11 is 0. The lowest BCUT2D eigenvalue weighted by Gasteiger charge is -2.35. The Hall–Kier alpha value is -0.570. The average Bonchev–Trinajstić information content (AvgIpc) is 2.35. The Balaban J connectivity index is 2.22. The fraction of sp³-hybridized carbons (Fsp3) is 0.933. The number of nitrogens with zero attached hydrogens (tertiary/aromatic N) is 1. The van der Waals surface area contributed by atoms with E-state index in [1.807, 2.05) is 0 Å². The van der Waals surface area contributed by atoms with Gasteiger partial charge in [0.05, 0.1) is 5.84 Å². The first-order valence-corrected chi connectivity index (χ1v) is 7.56. The Kier molecular flexibility index (Phi) is 6.13. The summed E-state index contributed by atoms with van der Waals surface area (Å²) in [5.41, 5.74) is 5.49. The van der Waals surface area contributed by atoms with Crippen LogP contribution in [0, 0.1) is 10.8 Å². The van der Waals surface area contributed by atoms with Crippen LogP contribution in [0.25, 0.3) is 0 Å². The van der Waals surface area contributed by atoms with E-state index in [9.17, 15) is 0 Å². The molecule has 18 heavy (non-hydrogen) atoms. The van der Waals surface area contributed by atoms with Crippen LogP contribution < -0.4 is 5.73 Å². The quantitative estimate of drug-likeness (QED) is 0.415. The van der Waals surface area contributed by atoms with E-state index in [4.69, 9.17) is 11.1 Å². The molecule has 1 heterocycles. The first-order chi connectivity index (χ1) is 8.47. The first-order valence-electron chi connectivity index (χ1n) is 7.56. The molecule has 1 unspecified atom stereocenters. The monoisotopic (exact) mass is 253 g/mol. The van der Waals surface area contributed by atoms with Crippen LogP contribution in [0.4, 0.5) is 0 Å². The molecule has 1 atom stereocenters. The normalized spacial score (nSPS) is 22.1. The van der Waals surface area contributed by atoms with Gasteiger partial charge in [0.15, 0.2) is 0 Å². The van der Waals surface area contributed by atoms with Crippen molar-refractivity contribution in [2.24, 2.45) is 11.1 Å². The van der Waals surface area contributed by atoms with Crippen molar-refractivity contribution in [1.29, 1.82) is 5.41 Å². The van der Waals surface area contributed by atoms with Crippen molar-refractivity contribution in [3.05, 3.63) is 0 Å². The molecule has 1 aliphatic rings. The van der Waals surface area contributed by atoms with Gasteiger partial charge >= 0.3 is 0 Å². The van der Waals surface area contributed by atoms with Crippen molar-refractivity contribution in [3.8, 4) is 0 Å². The molecule has 0 radical (unpaired) electrons. The van der Waals surface area contributed by atoms with Gasteiger partial charge in [-0.1, -0.05) is 33.6 Å². The summed E-state index contributed by atoms with van der Waals surface area (Å²) in [4.78, 5) is 2.67. The van der Waals surface area contributed by atoms with Gasteiger partial charge in [0, 0.05) is 11.5 Å². The summed E-state index contributed by atoms with van der Waals surface area (Å²) in [6.07, 6.45) is 8.91. The standard InChI is InChI=1S/C15H31N3/c1-4-13-9-5-7-11-18(13)12-8-6-10-15(2,3)14(16)17/h13H,4-12H2,1-3H3,(H3,16,17). The molecule has 1 rings (SSSR count). The third-order valence-corrected chi connectivity index (χ3v) is 4.45. The summed E-state index contributed by atoms with van der Waals surface area (Å²) in [5, 5.41) is 7.56. The molecule has 1 fully saturated rings. The highest BCUT2D eigenvalue weighted by atomic mass is 15.2. The van der Waals surface area contributed by atoms with Gasteiger partial charge in [-0.15, -0.1) is 0 Å². The van der Waals surface area contributed by atoms with Crippen molar-refractivity contribution in [2.45, 2.75) is 71.8 Å². The van der Waals surface area contributed by atoms with E-state index in [2.05, 4.69) is 25.7 Å². The highest BCUT2D eigenvalue weighted by molar-refractivity contribution is 5.82. The number of likely N-dealkylation sites (tertiary alicyclic amines) is 1. The maximum atomic E-state index is 7.56. The molecule has 0 aromatic carbocycles. The second kappa shape index (κ2) is 7.13. The van der Waals surface area contributed by atoms with E-state index >= 15 is 0 Å². The molecule has 3 N–H and O–H groups in total. The van der Waals surface area contributed by atoms with Gasteiger partial charge in [-0.25, -0.2) is 0 Å². The van der Waals surface area contributed by atoms with Gasteiger partial charge in [-0.05, 0) is 45.2 Å². The van der Waals surface area contributed by atoms with Gasteiger partial charge in [-0.2, -0.15) is 0 Å². The molecular weight excluding hydrogens is 222 g/mol. The lowest BCUT2D eigenvalue weighted by atomic mass is 9.86. The van der Waals surface area contributed by atoms with Crippen LogP contribution in [-0.4, -0.2) is 29.9 Å². The second-order valence-corrected chi connectivity index (χ2v) is 6.35. The predicted octanol–water partition coefficient (Wildman–Crippen LogP) is 3.38. The Morgan fingerprint density at radius 3 is 2.67 bits per heavy atom. The van der Waals surface area contributed by atoms with E-state index in [0.717, 1.165) is 12.5 Å². The summed E-state index contributed by atoms with van der Waals surface area (Å²) < 4.78 is 0. The van der Waals surface area contributed by atoms with Crippen LogP contribution in [0.2, 0.25) is 0 Å². The largest absolute Gasteiger partial charge is 0.387 e. The van der Waals surface area contributed by atoms with Crippen molar-refractivity contribution in [3.63, 3.8) is 0 Å². The number of hydrogen-bond donors (Lipinski definition) is 2. The summed E-state index contributed by atoms with van der Waals surface area (Å²) in [5.74, 6) is 0.326. The Bertz CT molecular complexity index is 260. The average molecular weight is 253 g/mol. The maximum Gasteiger partial charge on any atom is 0.0963 e. The molecule has 3 nitrogen and oxygen atoms in total. The summed E-state index contributed by atoms with van der Waals surface area (Å²) in [7, 11) is 0. The molecule has 1 saturated heterocycles. The molecule has 0 saturated carbocycles. The van der Waals surface area contributed by atoms with Crippen molar-refractivity contribution in [1.82, 2.24) is 4.90 Å². The molecule has 0 aliphatic carbocycles. The lowest BCUT2D eigenvalue weighted by Crippen LogP contribution is -2.39. The third kappa shape index (κ3) is 4.60. The summed E-state index contributed by atoms with van der Waals surface area (Å²) in [6.45, 7) is 8.97. The van der Waals surface area contributed by atoms with Gasteiger partial charge in [-0.3, -0.25) is 5.41 Å². The number of rotatable bonds is 7. The van der Waals surface area contributed by atoms with Gasteiger partial charge in [0.1, 0.15) is 0 Å². The van der Waals surface area contributed by atoms with Gasteiger partial charge in [0.2, 0.25) is 0 Å². The zero-order chi connectivity index (χ0) is 13.6. The topological polar surface area (TPSA) is 53.1 Å². The fourth-order valence-corrected chi connectivity index (χ4v) is 2.83. The van der Waals surface area contributed by atoms with Crippen molar-refractivity contribution in [2.75, 3.05) is 13.1 Å². The van der Waals surface area contributed by atoms with E-state index < -0.39 is 0 Å². The van der Waals surface area contributed by atoms with Crippen LogP contribution in [0.1, 0.15) is 65.7 Å². The minimum atomic E-state index is -0.119.